The molecular formula is C14H24N2O. The monoisotopic (exact) mass is 236 g/mol. The van der Waals surface area contributed by atoms with Crippen LogP contribution in [0.15, 0.2) is 18.3 Å². The lowest BCUT2D eigenvalue weighted by molar-refractivity contribution is 0.169. The summed E-state index contributed by atoms with van der Waals surface area (Å²) in [6.45, 7) is 7.45. The highest BCUT2D eigenvalue weighted by Gasteiger charge is 2.07. The zero-order chi connectivity index (χ0) is 12.8. The van der Waals surface area contributed by atoms with Crippen molar-refractivity contribution in [2.75, 3.05) is 18.5 Å². The first-order valence-corrected chi connectivity index (χ1v) is 6.39. The number of pyridine rings is 1. The summed E-state index contributed by atoms with van der Waals surface area (Å²) in [7, 11) is 2.08. The molecule has 1 rings (SSSR count). The molecular weight excluding hydrogens is 212 g/mol. The summed E-state index contributed by atoms with van der Waals surface area (Å²) >= 11 is 0. The normalized spacial score (nSPS) is 12.8. The van der Waals surface area contributed by atoms with Gasteiger partial charge in [-0.15, -0.1) is 0 Å². The van der Waals surface area contributed by atoms with Gasteiger partial charge in [0.1, 0.15) is 0 Å². The molecule has 96 valence electrons. The van der Waals surface area contributed by atoms with Crippen molar-refractivity contribution >= 4 is 5.69 Å². The highest BCUT2D eigenvalue weighted by molar-refractivity contribution is 5.43. The lowest BCUT2D eigenvalue weighted by Gasteiger charge is -2.20. The third-order valence-corrected chi connectivity index (χ3v) is 2.98. The van der Waals surface area contributed by atoms with E-state index >= 15 is 0 Å². The van der Waals surface area contributed by atoms with Crippen molar-refractivity contribution in [3.05, 3.63) is 24.0 Å². The van der Waals surface area contributed by atoms with Gasteiger partial charge in [-0.05, 0) is 30.9 Å². The molecule has 1 N–H and O–H groups in total. The molecule has 0 spiro atoms. The second kappa shape index (κ2) is 6.60. The molecule has 0 aliphatic rings. The van der Waals surface area contributed by atoms with Crippen molar-refractivity contribution in [2.24, 2.45) is 5.92 Å². The Morgan fingerprint density at radius 2 is 2.06 bits per heavy atom. The quantitative estimate of drug-likeness (QED) is 0.825. The van der Waals surface area contributed by atoms with Crippen LogP contribution in [0.3, 0.4) is 0 Å². The van der Waals surface area contributed by atoms with Gasteiger partial charge in [0.05, 0.1) is 23.7 Å². The fourth-order valence-corrected chi connectivity index (χ4v) is 1.61. The number of hydrogen-bond acceptors (Lipinski definition) is 3. The summed E-state index contributed by atoms with van der Waals surface area (Å²) in [5.74, 6) is 0.714. The van der Waals surface area contributed by atoms with Gasteiger partial charge in [0, 0.05) is 13.6 Å². The van der Waals surface area contributed by atoms with E-state index in [9.17, 15) is 5.11 Å². The van der Waals surface area contributed by atoms with E-state index in [4.69, 9.17) is 0 Å². The maximum Gasteiger partial charge on any atom is 0.0957 e. The highest BCUT2D eigenvalue weighted by atomic mass is 16.3. The number of aliphatic hydroxyl groups excluding tert-OH is 1. The fourth-order valence-electron chi connectivity index (χ4n) is 1.61. The first kappa shape index (κ1) is 14.0. The lowest BCUT2D eigenvalue weighted by Crippen LogP contribution is -2.20. The Morgan fingerprint density at radius 3 is 2.53 bits per heavy atom. The molecule has 0 aromatic carbocycles. The Bertz CT molecular complexity index is 321. The molecule has 0 bridgehead atoms. The first-order chi connectivity index (χ1) is 8.04. The van der Waals surface area contributed by atoms with E-state index in [1.165, 1.54) is 6.42 Å². The van der Waals surface area contributed by atoms with E-state index < -0.39 is 6.10 Å². The molecule has 17 heavy (non-hydrogen) atoms. The number of rotatable bonds is 6. The predicted molar refractivity (Wildman–Crippen MR) is 72.2 cm³/mol. The summed E-state index contributed by atoms with van der Waals surface area (Å²) in [6, 6.07) is 3.94. The van der Waals surface area contributed by atoms with E-state index in [0.29, 0.717) is 12.3 Å². The largest absolute Gasteiger partial charge is 0.387 e. The Hall–Kier alpha value is -1.09. The highest BCUT2D eigenvalue weighted by Crippen LogP contribution is 2.18. The molecule has 0 amide bonds. The molecule has 0 radical (unpaired) electrons. The maximum atomic E-state index is 9.66. The molecule has 1 heterocycles. The van der Waals surface area contributed by atoms with Gasteiger partial charge in [0.2, 0.25) is 0 Å². The Balaban J connectivity index is 2.60. The van der Waals surface area contributed by atoms with Crippen molar-refractivity contribution in [2.45, 2.75) is 39.7 Å². The average molecular weight is 236 g/mol. The Morgan fingerprint density at radius 1 is 1.35 bits per heavy atom. The van der Waals surface area contributed by atoms with Gasteiger partial charge in [-0.2, -0.15) is 0 Å². The molecule has 0 aliphatic heterocycles. The smallest absolute Gasteiger partial charge is 0.0957 e. The molecule has 3 heteroatoms. The Kier molecular flexibility index (Phi) is 5.42. The third kappa shape index (κ3) is 4.35. The number of hydrogen-bond donors (Lipinski definition) is 1. The standard InChI is InChI=1S/C14H24N2O/c1-5-14(17)13-7-6-12(10-15-13)16(4)9-8-11(2)3/h6-7,10-11,14,17H,5,8-9H2,1-4H3. The van der Waals surface area contributed by atoms with Crippen LogP contribution in [-0.4, -0.2) is 23.7 Å². The Labute approximate surface area is 104 Å². The van der Waals surface area contributed by atoms with Gasteiger partial charge in [0.25, 0.3) is 0 Å². The van der Waals surface area contributed by atoms with Gasteiger partial charge in [-0.25, -0.2) is 0 Å². The molecule has 3 nitrogen and oxygen atoms in total. The summed E-state index contributed by atoms with van der Waals surface area (Å²) in [5, 5.41) is 9.66. The summed E-state index contributed by atoms with van der Waals surface area (Å²) in [6.07, 6.45) is 3.28. The van der Waals surface area contributed by atoms with Crippen molar-refractivity contribution < 1.29 is 5.11 Å². The van der Waals surface area contributed by atoms with Gasteiger partial charge < -0.3 is 10.0 Å². The van der Waals surface area contributed by atoms with Crippen LogP contribution in [-0.2, 0) is 0 Å². The van der Waals surface area contributed by atoms with Crippen LogP contribution in [0.5, 0.6) is 0 Å². The van der Waals surface area contributed by atoms with Crippen LogP contribution in [0.2, 0.25) is 0 Å². The number of aromatic nitrogens is 1. The van der Waals surface area contributed by atoms with E-state index in [1.807, 2.05) is 25.3 Å². The van der Waals surface area contributed by atoms with Crippen LogP contribution in [0.25, 0.3) is 0 Å². The topological polar surface area (TPSA) is 36.4 Å². The molecule has 1 aromatic rings. The molecule has 0 fully saturated rings. The second-order valence-electron chi connectivity index (χ2n) is 4.97. The van der Waals surface area contributed by atoms with Gasteiger partial charge >= 0.3 is 0 Å². The number of anilines is 1. The molecule has 1 atom stereocenters. The number of aliphatic hydroxyl groups is 1. The second-order valence-corrected chi connectivity index (χ2v) is 4.97. The predicted octanol–water partition coefficient (Wildman–Crippen LogP) is 3.01. The van der Waals surface area contributed by atoms with E-state index in [1.54, 1.807) is 0 Å². The fraction of sp³-hybridized carbons (Fsp3) is 0.643. The van der Waals surface area contributed by atoms with Crippen LogP contribution in [0.4, 0.5) is 5.69 Å². The van der Waals surface area contributed by atoms with E-state index in [2.05, 4.69) is 30.8 Å². The van der Waals surface area contributed by atoms with Crippen molar-refractivity contribution in [1.82, 2.24) is 4.98 Å². The van der Waals surface area contributed by atoms with Crippen molar-refractivity contribution in [3.8, 4) is 0 Å². The van der Waals surface area contributed by atoms with Crippen LogP contribution >= 0.6 is 0 Å². The minimum absolute atomic E-state index is 0.440. The molecule has 1 unspecified atom stereocenters. The van der Waals surface area contributed by atoms with Crippen LogP contribution < -0.4 is 4.90 Å². The molecule has 0 saturated carbocycles. The SMILES string of the molecule is CCC(O)c1ccc(N(C)CCC(C)C)cn1. The maximum absolute atomic E-state index is 9.66. The zero-order valence-electron chi connectivity index (χ0n) is 11.3. The van der Waals surface area contributed by atoms with Gasteiger partial charge in [-0.3, -0.25) is 4.98 Å². The van der Waals surface area contributed by atoms with E-state index in [0.717, 1.165) is 17.9 Å². The minimum atomic E-state index is -0.440. The molecule has 1 aromatic heterocycles. The molecule has 0 aliphatic carbocycles. The average Bonchev–Trinajstić information content (AvgIpc) is 2.35. The zero-order valence-corrected chi connectivity index (χ0v) is 11.3. The number of nitrogens with zero attached hydrogens (tertiary/aromatic N) is 2. The van der Waals surface area contributed by atoms with E-state index in [-0.39, 0.29) is 0 Å². The lowest BCUT2D eigenvalue weighted by atomic mass is 10.1. The summed E-state index contributed by atoms with van der Waals surface area (Å²) in [4.78, 5) is 6.51. The van der Waals surface area contributed by atoms with Crippen molar-refractivity contribution in [1.29, 1.82) is 0 Å². The van der Waals surface area contributed by atoms with Gasteiger partial charge in [0.15, 0.2) is 0 Å². The third-order valence-electron chi connectivity index (χ3n) is 2.98. The van der Waals surface area contributed by atoms with Crippen molar-refractivity contribution in [3.63, 3.8) is 0 Å². The van der Waals surface area contributed by atoms with Gasteiger partial charge in [-0.1, -0.05) is 20.8 Å². The minimum Gasteiger partial charge on any atom is -0.387 e. The first-order valence-electron chi connectivity index (χ1n) is 6.39. The van der Waals surface area contributed by atoms with Crippen LogP contribution in [0.1, 0.15) is 45.4 Å². The summed E-state index contributed by atoms with van der Waals surface area (Å²) < 4.78 is 0. The molecule has 0 saturated heterocycles. The van der Waals surface area contributed by atoms with Crippen LogP contribution in [0, 0.1) is 5.92 Å². The summed E-state index contributed by atoms with van der Waals surface area (Å²) in [5.41, 5.74) is 1.87.